The Hall–Kier alpha value is -2.14. The summed E-state index contributed by atoms with van der Waals surface area (Å²) in [5, 5.41) is 13.1. The van der Waals surface area contributed by atoms with Crippen LogP contribution < -0.4 is 5.73 Å². The van der Waals surface area contributed by atoms with E-state index in [1.165, 1.54) is 0 Å². The fraction of sp³-hybridized carbons (Fsp3) is 0.167. The minimum atomic E-state index is -4.98. The summed E-state index contributed by atoms with van der Waals surface area (Å²) in [5.74, 6) is -0.994. The van der Waals surface area contributed by atoms with Crippen molar-refractivity contribution in [3.05, 3.63) is 39.0 Å². The van der Waals surface area contributed by atoms with Crippen LogP contribution >= 0.6 is 23.2 Å². The molecule has 0 fully saturated rings. The summed E-state index contributed by atoms with van der Waals surface area (Å²) < 4.78 is 77.9. The fourth-order valence-electron chi connectivity index (χ4n) is 1.99. The highest BCUT2D eigenvalue weighted by Crippen LogP contribution is 2.41. The first-order chi connectivity index (χ1) is 11.4. The lowest BCUT2D eigenvalue weighted by molar-refractivity contribution is -0.138. The second-order valence-electron chi connectivity index (χ2n) is 4.59. The van der Waals surface area contributed by atoms with E-state index in [-0.39, 0.29) is 0 Å². The van der Waals surface area contributed by atoms with Gasteiger partial charge < -0.3 is 10.9 Å². The highest BCUT2D eigenvalue weighted by molar-refractivity contribution is 6.38. The third kappa shape index (κ3) is 3.61. The number of aromatic nitrogens is 2. The molecular formula is C12H6Cl2F6N4O. The van der Waals surface area contributed by atoms with Crippen molar-refractivity contribution in [2.75, 3.05) is 5.73 Å². The Balaban J connectivity index is 2.76. The maximum Gasteiger partial charge on any atom is 0.422 e. The average molecular weight is 407 g/mol. The lowest BCUT2D eigenvalue weighted by Crippen LogP contribution is -2.12. The summed E-state index contributed by atoms with van der Waals surface area (Å²) in [6, 6.07) is 0.938. The molecule has 13 heteroatoms. The van der Waals surface area contributed by atoms with E-state index in [1.54, 1.807) is 0 Å². The Labute approximate surface area is 145 Å². The number of anilines is 1. The minimum Gasteiger partial charge on any atom is -0.411 e. The van der Waals surface area contributed by atoms with Gasteiger partial charge in [-0.2, -0.15) is 31.4 Å². The number of nitrogen functional groups attached to an aromatic ring is 1. The van der Waals surface area contributed by atoms with Crippen molar-refractivity contribution in [2.24, 2.45) is 5.16 Å². The maximum absolute atomic E-state index is 13.1. The van der Waals surface area contributed by atoms with Crippen molar-refractivity contribution in [3.8, 4) is 5.69 Å². The molecule has 1 aromatic carbocycles. The number of halogens is 8. The molecule has 0 saturated carbocycles. The smallest absolute Gasteiger partial charge is 0.411 e. The SMILES string of the molecule is Nc1c(C(F)(F)F)c(/C=N/O)nn1-c1c(Cl)cc(C(F)(F)F)cc1Cl. The summed E-state index contributed by atoms with van der Waals surface area (Å²) in [4.78, 5) is 0. The first kappa shape index (κ1) is 19.2. The highest BCUT2D eigenvalue weighted by atomic mass is 35.5. The summed E-state index contributed by atoms with van der Waals surface area (Å²) >= 11 is 11.5. The molecule has 1 heterocycles. The molecule has 0 radical (unpaired) electrons. The quantitative estimate of drug-likeness (QED) is 0.331. The van der Waals surface area contributed by atoms with Crippen molar-refractivity contribution < 1.29 is 31.5 Å². The predicted octanol–water partition coefficient (Wildman–Crippen LogP) is 4.61. The summed E-state index contributed by atoms with van der Waals surface area (Å²) in [5.41, 5.74) is 1.38. The monoisotopic (exact) mass is 406 g/mol. The van der Waals surface area contributed by atoms with Gasteiger partial charge in [-0.25, -0.2) is 4.68 Å². The molecule has 1 aromatic heterocycles. The maximum atomic E-state index is 13.1. The molecule has 0 spiro atoms. The third-order valence-corrected chi connectivity index (χ3v) is 3.54. The van der Waals surface area contributed by atoms with E-state index in [1.807, 2.05) is 0 Å². The average Bonchev–Trinajstić information content (AvgIpc) is 2.74. The van der Waals surface area contributed by atoms with Crippen LogP contribution in [0.1, 0.15) is 16.8 Å². The number of nitrogens with two attached hydrogens (primary N) is 1. The molecule has 0 unspecified atom stereocenters. The number of alkyl halides is 6. The van der Waals surface area contributed by atoms with Crippen molar-refractivity contribution in [2.45, 2.75) is 12.4 Å². The Kier molecular flexibility index (Phi) is 4.83. The molecular weight excluding hydrogens is 401 g/mol. The van der Waals surface area contributed by atoms with Crippen LogP contribution in [0, 0.1) is 0 Å². The van der Waals surface area contributed by atoms with E-state index in [9.17, 15) is 26.3 Å². The van der Waals surface area contributed by atoms with Crippen LogP contribution in [-0.2, 0) is 12.4 Å². The molecule has 2 aromatic rings. The van der Waals surface area contributed by atoms with Gasteiger partial charge in [0.15, 0.2) is 0 Å². The zero-order valence-electron chi connectivity index (χ0n) is 11.6. The zero-order valence-corrected chi connectivity index (χ0v) is 13.1. The number of nitrogens with zero attached hydrogens (tertiary/aromatic N) is 3. The van der Waals surface area contributed by atoms with E-state index in [0.29, 0.717) is 23.0 Å². The van der Waals surface area contributed by atoms with Gasteiger partial charge in [-0.15, -0.1) is 0 Å². The highest BCUT2D eigenvalue weighted by Gasteiger charge is 2.40. The van der Waals surface area contributed by atoms with Gasteiger partial charge >= 0.3 is 12.4 Å². The number of oxime groups is 1. The largest absolute Gasteiger partial charge is 0.422 e. The second kappa shape index (κ2) is 6.30. The van der Waals surface area contributed by atoms with Crippen molar-refractivity contribution in [3.63, 3.8) is 0 Å². The molecule has 0 amide bonds. The second-order valence-corrected chi connectivity index (χ2v) is 5.40. The number of hydrogen-bond acceptors (Lipinski definition) is 4. The van der Waals surface area contributed by atoms with Crippen LogP contribution in [0.5, 0.6) is 0 Å². The standard InChI is InChI=1S/C12H6Cl2F6N4O/c13-5-1-4(11(15,16)17)2-6(14)9(5)24-10(21)8(12(18,19)20)7(23-24)3-22-25/h1-3,25H,21H2/b22-3+. The van der Waals surface area contributed by atoms with E-state index in [0.717, 1.165) is 0 Å². The van der Waals surface area contributed by atoms with Crippen molar-refractivity contribution in [1.82, 2.24) is 9.78 Å². The zero-order chi connectivity index (χ0) is 19.2. The topological polar surface area (TPSA) is 76.4 Å². The van der Waals surface area contributed by atoms with Crippen molar-refractivity contribution in [1.29, 1.82) is 0 Å². The number of benzene rings is 1. The minimum absolute atomic E-state index is 0.363. The fourth-order valence-corrected chi connectivity index (χ4v) is 2.63. The van der Waals surface area contributed by atoms with Crippen molar-refractivity contribution >= 4 is 35.2 Å². The van der Waals surface area contributed by atoms with Gasteiger partial charge in [-0.1, -0.05) is 28.4 Å². The van der Waals surface area contributed by atoms with Gasteiger partial charge in [0, 0.05) is 0 Å². The van der Waals surface area contributed by atoms with Gasteiger partial charge in [0.1, 0.15) is 22.8 Å². The number of hydrogen-bond donors (Lipinski definition) is 2. The molecule has 0 aliphatic carbocycles. The van der Waals surface area contributed by atoms with E-state index in [4.69, 9.17) is 34.1 Å². The summed E-state index contributed by atoms with van der Waals surface area (Å²) in [7, 11) is 0. The van der Waals surface area contributed by atoms with Gasteiger partial charge in [0.2, 0.25) is 0 Å². The third-order valence-electron chi connectivity index (χ3n) is 2.97. The molecule has 0 saturated heterocycles. The Bertz CT molecular complexity index is 820. The van der Waals surface area contributed by atoms with Gasteiger partial charge in [-0.3, -0.25) is 0 Å². The lowest BCUT2D eigenvalue weighted by Gasteiger charge is -2.13. The molecule has 25 heavy (non-hydrogen) atoms. The molecule has 0 bridgehead atoms. The van der Waals surface area contributed by atoms with Crippen LogP contribution in [-0.4, -0.2) is 21.2 Å². The molecule has 136 valence electrons. The number of rotatable bonds is 2. The van der Waals surface area contributed by atoms with Crippen LogP contribution in [0.2, 0.25) is 10.0 Å². The Morgan fingerprint density at radius 3 is 2.00 bits per heavy atom. The predicted molar refractivity (Wildman–Crippen MR) is 77.4 cm³/mol. The van der Waals surface area contributed by atoms with Crippen LogP contribution in [0.4, 0.5) is 32.2 Å². The van der Waals surface area contributed by atoms with Crippen LogP contribution in [0.25, 0.3) is 5.69 Å². The summed E-state index contributed by atoms with van der Waals surface area (Å²) in [6.45, 7) is 0. The Morgan fingerprint density at radius 1 is 1.08 bits per heavy atom. The van der Waals surface area contributed by atoms with E-state index in [2.05, 4.69) is 10.3 Å². The van der Waals surface area contributed by atoms with E-state index >= 15 is 0 Å². The molecule has 2 rings (SSSR count). The first-order valence-electron chi connectivity index (χ1n) is 6.07. The molecule has 3 N–H and O–H groups in total. The van der Waals surface area contributed by atoms with Crippen LogP contribution in [0.15, 0.2) is 17.3 Å². The lowest BCUT2D eigenvalue weighted by atomic mass is 10.2. The first-order valence-corrected chi connectivity index (χ1v) is 6.83. The van der Waals surface area contributed by atoms with Gasteiger partial charge in [-0.05, 0) is 12.1 Å². The molecule has 0 atom stereocenters. The normalized spacial score (nSPS) is 13.0. The molecule has 0 aliphatic rings. The van der Waals surface area contributed by atoms with Crippen LogP contribution in [0.3, 0.4) is 0 Å². The Morgan fingerprint density at radius 2 is 1.60 bits per heavy atom. The molecule has 5 nitrogen and oxygen atoms in total. The molecule has 0 aliphatic heterocycles. The van der Waals surface area contributed by atoms with Gasteiger partial charge in [0.25, 0.3) is 0 Å². The van der Waals surface area contributed by atoms with Gasteiger partial charge in [0.05, 0.1) is 21.8 Å². The summed E-state index contributed by atoms with van der Waals surface area (Å²) in [6.07, 6.45) is -9.39. The van der Waals surface area contributed by atoms with E-state index < -0.39 is 50.7 Å².